The Hall–Kier alpha value is -0.300. The number of alkyl halides is 1. The second-order valence-electron chi connectivity index (χ2n) is 1.15. The molecule has 0 saturated carbocycles. The van der Waals surface area contributed by atoms with Gasteiger partial charge in [-0.25, -0.2) is 0 Å². The van der Waals surface area contributed by atoms with Crippen LogP contribution in [0.1, 0.15) is 13.8 Å². The predicted octanol–water partition coefficient (Wildman–Crippen LogP) is 3.72. The van der Waals surface area contributed by atoms with Crippen LogP contribution in [-0.4, -0.2) is 5.83 Å². The molecule has 0 aliphatic rings. The van der Waals surface area contributed by atoms with Crippen LogP contribution in [0.15, 0.2) is 36.4 Å². The molecule has 1 rings (SSSR count). The Morgan fingerprint density at radius 3 is 0.800 bits per heavy atom. The van der Waals surface area contributed by atoms with Crippen molar-refractivity contribution in [2.75, 3.05) is 5.83 Å². The van der Waals surface area contributed by atoms with E-state index in [4.69, 9.17) is 0 Å². The van der Waals surface area contributed by atoms with E-state index in [-0.39, 0.29) is 0 Å². The first-order chi connectivity index (χ1) is 5.00. The summed E-state index contributed by atoms with van der Waals surface area (Å²) in [4.78, 5) is 0. The highest BCUT2D eigenvalue weighted by atomic mass is 79.9. The molecule has 1 heteroatoms. The Kier molecular flexibility index (Phi) is 19.7. The fourth-order valence-corrected chi connectivity index (χ4v) is 0.385. The lowest BCUT2D eigenvalue weighted by Gasteiger charge is -1.69. The molecule has 0 aliphatic heterocycles. The summed E-state index contributed by atoms with van der Waals surface area (Å²) in [6, 6.07) is 12.0. The first-order valence-electron chi connectivity index (χ1n) is 3.38. The summed E-state index contributed by atoms with van der Waals surface area (Å²) in [5.74, 6) is 1.81. The minimum atomic E-state index is 1.81. The van der Waals surface area contributed by atoms with E-state index < -0.39 is 0 Å². The third-order valence-corrected chi connectivity index (χ3v) is 0.667. The highest BCUT2D eigenvalue weighted by Crippen LogP contribution is 1.79. The summed E-state index contributed by atoms with van der Waals surface area (Å²) >= 11 is 2.94. The standard InChI is InChI=1S/C6H6.C2H6.CH3Br/c1-2-4-6-5-3-1;2*1-2/h1-6H;1-2H3;1H3. The molecule has 10 heavy (non-hydrogen) atoms. The Morgan fingerprint density at radius 2 is 0.700 bits per heavy atom. The van der Waals surface area contributed by atoms with Crippen LogP contribution < -0.4 is 0 Å². The molecule has 0 N–H and O–H groups in total. The maximum Gasteiger partial charge on any atom is -0.00848 e. The van der Waals surface area contributed by atoms with Gasteiger partial charge in [-0.3, -0.25) is 0 Å². The molecule has 0 saturated heterocycles. The van der Waals surface area contributed by atoms with Gasteiger partial charge < -0.3 is 0 Å². The van der Waals surface area contributed by atoms with Crippen LogP contribution in [0.2, 0.25) is 0 Å². The van der Waals surface area contributed by atoms with Gasteiger partial charge in [0.1, 0.15) is 0 Å². The Bertz CT molecular complexity index is 76.7. The number of rotatable bonds is 0. The molecule has 0 nitrogen and oxygen atoms in total. The molecule has 0 heterocycles. The van der Waals surface area contributed by atoms with Crippen LogP contribution in [0.25, 0.3) is 0 Å². The average molecular weight is 203 g/mol. The van der Waals surface area contributed by atoms with Crippen LogP contribution >= 0.6 is 15.9 Å². The van der Waals surface area contributed by atoms with Crippen molar-refractivity contribution in [1.82, 2.24) is 0 Å². The van der Waals surface area contributed by atoms with Crippen LogP contribution in [0.4, 0.5) is 0 Å². The molecule has 0 bridgehead atoms. The largest absolute Gasteiger partial charge is 0.0966 e. The SMILES string of the molecule is CBr.CC.c1ccccc1. The molecule has 0 unspecified atom stereocenters. The summed E-state index contributed by atoms with van der Waals surface area (Å²) in [6.07, 6.45) is 0. The quantitative estimate of drug-likeness (QED) is 0.563. The van der Waals surface area contributed by atoms with Crippen molar-refractivity contribution in [2.24, 2.45) is 0 Å². The number of halogens is 1. The van der Waals surface area contributed by atoms with Gasteiger partial charge in [0.2, 0.25) is 0 Å². The molecular weight excluding hydrogens is 188 g/mol. The maximum atomic E-state index is 2.94. The smallest absolute Gasteiger partial charge is 0.00848 e. The number of hydrogen-bond acceptors (Lipinski definition) is 0. The zero-order chi connectivity index (χ0) is 8.24. The van der Waals surface area contributed by atoms with E-state index in [9.17, 15) is 0 Å². The molecule has 0 atom stereocenters. The van der Waals surface area contributed by atoms with Crippen molar-refractivity contribution >= 4 is 15.9 Å². The van der Waals surface area contributed by atoms with Gasteiger partial charge in [0, 0.05) is 0 Å². The third kappa shape index (κ3) is 10.6. The van der Waals surface area contributed by atoms with E-state index in [1.54, 1.807) is 0 Å². The Morgan fingerprint density at radius 1 is 0.600 bits per heavy atom. The summed E-state index contributed by atoms with van der Waals surface area (Å²) in [6.45, 7) is 4.00. The van der Waals surface area contributed by atoms with Crippen molar-refractivity contribution in [1.29, 1.82) is 0 Å². The molecule has 58 valence electrons. The van der Waals surface area contributed by atoms with Crippen LogP contribution in [0.3, 0.4) is 0 Å². The fourth-order valence-electron chi connectivity index (χ4n) is 0.385. The summed E-state index contributed by atoms with van der Waals surface area (Å²) < 4.78 is 0. The normalized spacial score (nSPS) is 6.00. The van der Waals surface area contributed by atoms with Gasteiger partial charge in [0.05, 0.1) is 0 Å². The molecule has 0 aliphatic carbocycles. The van der Waals surface area contributed by atoms with Crippen molar-refractivity contribution in [3.8, 4) is 0 Å². The topological polar surface area (TPSA) is 0 Å². The van der Waals surface area contributed by atoms with Gasteiger partial charge in [-0.1, -0.05) is 66.2 Å². The second-order valence-corrected chi connectivity index (χ2v) is 1.15. The van der Waals surface area contributed by atoms with Crippen molar-refractivity contribution in [3.63, 3.8) is 0 Å². The van der Waals surface area contributed by atoms with Gasteiger partial charge in [0.15, 0.2) is 0 Å². The molecular formula is C9H15Br. The lowest BCUT2D eigenvalue weighted by atomic mass is 10.4. The average Bonchev–Trinajstić information content (AvgIpc) is 2.14. The first-order valence-corrected chi connectivity index (χ1v) is 4.96. The van der Waals surface area contributed by atoms with Crippen LogP contribution in [0, 0.1) is 0 Å². The summed E-state index contributed by atoms with van der Waals surface area (Å²) in [5.41, 5.74) is 0. The maximum absolute atomic E-state index is 2.94. The zero-order valence-electron chi connectivity index (χ0n) is 6.84. The molecule has 0 amide bonds. The molecule has 0 fully saturated rings. The Labute approximate surface area is 72.4 Å². The van der Waals surface area contributed by atoms with Crippen molar-refractivity contribution < 1.29 is 0 Å². The van der Waals surface area contributed by atoms with Crippen molar-refractivity contribution in [2.45, 2.75) is 13.8 Å². The molecule has 1 aromatic carbocycles. The van der Waals surface area contributed by atoms with E-state index in [0.29, 0.717) is 0 Å². The van der Waals surface area contributed by atoms with Gasteiger partial charge in [-0.2, -0.15) is 0 Å². The van der Waals surface area contributed by atoms with E-state index in [1.807, 2.05) is 56.1 Å². The summed E-state index contributed by atoms with van der Waals surface area (Å²) in [7, 11) is 0. The highest BCUT2D eigenvalue weighted by Gasteiger charge is 1.57. The highest BCUT2D eigenvalue weighted by molar-refractivity contribution is 9.08. The van der Waals surface area contributed by atoms with E-state index >= 15 is 0 Å². The number of benzene rings is 1. The lowest BCUT2D eigenvalue weighted by molar-refractivity contribution is 1.50. The third-order valence-electron chi connectivity index (χ3n) is 0.667. The molecule has 0 radical (unpaired) electrons. The van der Waals surface area contributed by atoms with E-state index in [0.717, 1.165) is 0 Å². The van der Waals surface area contributed by atoms with Gasteiger partial charge in [0.25, 0.3) is 0 Å². The van der Waals surface area contributed by atoms with E-state index in [2.05, 4.69) is 15.9 Å². The Balaban J connectivity index is 0. The minimum absolute atomic E-state index is 1.81. The second kappa shape index (κ2) is 15.9. The predicted molar refractivity (Wildman–Crippen MR) is 52.6 cm³/mol. The molecule has 0 spiro atoms. The molecule has 0 aromatic heterocycles. The first kappa shape index (κ1) is 12.4. The molecule has 1 aromatic rings. The fraction of sp³-hybridized carbons (Fsp3) is 0.333. The lowest BCUT2D eigenvalue weighted by Crippen LogP contribution is -1.47. The zero-order valence-corrected chi connectivity index (χ0v) is 8.43. The number of hydrogen-bond donors (Lipinski definition) is 0. The van der Waals surface area contributed by atoms with Crippen LogP contribution in [-0.2, 0) is 0 Å². The van der Waals surface area contributed by atoms with Crippen LogP contribution in [0.5, 0.6) is 0 Å². The van der Waals surface area contributed by atoms with Crippen molar-refractivity contribution in [3.05, 3.63) is 36.4 Å². The van der Waals surface area contributed by atoms with Gasteiger partial charge in [-0.15, -0.1) is 0 Å². The summed E-state index contributed by atoms with van der Waals surface area (Å²) in [5, 5.41) is 0. The van der Waals surface area contributed by atoms with Gasteiger partial charge in [-0.05, 0) is 5.83 Å². The van der Waals surface area contributed by atoms with Gasteiger partial charge >= 0.3 is 0 Å². The monoisotopic (exact) mass is 202 g/mol. The minimum Gasteiger partial charge on any atom is -0.0966 e. The van der Waals surface area contributed by atoms with E-state index in [1.165, 1.54) is 0 Å².